The molecule has 7 aromatic carbocycles. The molecule has 0 saturated carbocycles. The van der Waals surface area contributed by atoms with Gasteiger partial charge in [0.2, 0.25) is 11.8 Å². The number of ether oxygens (including phenoxy) is 1. The maximum absolute atomic E-state index is 14.4. The van der Waals surface area contributed by atoms with Crippen molar-refractivity contribution in [1.29, 1.82) is 0 Å². The Morgan fingerprint density at radius 2 is 1.05 bits per heavy atom. The van der Waals surface area contributed by atoms with Gasteiger partial charge in [-0.2, -0.15) is 0 Å². The van der Waals surface area contributed by atoms with Crippen LogP contribution in [0.2, 0.25) is 0 Å². The van der Waals surface area contributed by atoms with Gasteiger partial charge >= 0.3 is 6.09 Å². The van der Waals surface area contributed by atoms with Gasteiger partial charge in [0.25, 0.3) is 0 Å². The number of aliphatic hydroxyl groups excluding tert-OH is 1. The summed E-state index contributed by atoms with van der Waals surface area (Å²) < 4.78 is 5.89. The molecule has 0 heterocycles. The van der Waals surface area contributed by atoms with E-state index in [-0.39, 0.29) is 25.6 Å². The molecule has 328 valence electrons. The predicted molar refractivity (Wildman–Crippen MR) is 256 cm³/mol. The van der Waals surface area contributed by atoms with E-state index in [1.54, 1.807) is 24.3 Å². The second-order valence-electron chi connectivity index (χ2n) is 16.4. The standard InChI is InChI=1S/C56H54N4O5/c61-38-41-32-34-45(35-33-41)58-53(62)51(31-17-18-36-57-56(42-21-7-2-8-22-42,43-23-9-3-10-24-43)44-25-11-4-12-26-44)59-54(63)52(37-40-19-5-1-6-20-40)60-55(64)65-39-50-48-29-15-13-27-46(48)47-28-14-16-30-49(47)50/h1-16,19-30,32-35,50-52,57,61H,17-18,31,36-39H2,(H,58,62)(H,59,63)(H,60,64). The first-order valence-corrected chi connectivity index (χ1v) is 22.3. The summed E-state index contributed by atoms with van der Waals surface area (Å²) in [6, 6.07) is 61.8. The summed E-state index contributed by atoms with van der Waals surface area (Å²) in [7, 11) is 0. The monoisotopic (exact) mass is 862 g/mol. The molecular formula is C56H54N4O5. The van der Waals surface area contributed by atoms with Gasteiger partial charge in [0.05, 0.1) is 12.1 Å². The first kappa shape index (κ1) is 44.3. The van der Waals surface area contributed by atoms with Crippen molar-refractivity contribution in [2.45, 2.75) is 55.8 Å². The Bertz CT molecular complexity index is 2500. The zero-order valence-electron chi connectivity index (χ0n) is 36.2. The molecule has 0 aliphatic heterocycles. The molecule has 1 aliphatic carbocycles. The highest BCUT2D eigenvalue weighted by molar-refractivity contribution is 5.98. The molecule has 3 amide bonds. The molecule has 0 saturated heterocycles. The molecule has 9 heteroatoms. The Morgan fingerprint density at radius 3 is 1.58 bits per heavy atom. The summed E-state index contributed by atoms with van der Waals surface area (Å²) in [6.07, 6.45) is 1.05. The number of alkyl carbamates (subject to hydrolysis) is 1. The molecule has 7 aromatic rings. The zero-order chi connectivity index (χ0) is 44.9. The number of rotatable bonds is 19. The fourth-order valence-corrected chi connectivity index (χ4v) is 8.93. The minimum atomic E-state index is -1.04. The minimum absolute atomic E-state index is 0.0910. The second kappa shape index (κ2) is 21.4. The topological polar surface area (TPSA) is 129 Å². The van der Waals surface area contributed by atoms with E-state index in [4.69, 9.17) is 4.74 Å². The van der Waals surface area contributed by atoms with Gasteiger partial charge in [-0.1, -0.05) is 182 Å². The molecule has 0 radical (unpaired) electrons. The van der Waals surface area contributed by atoms with Crippen LogP contribution < -0.4 is 21.3 Å². The molecule has 5 N–H and O–H groups in total. The maximum Gasteiger partial charge on any atom is 0.407 e. The maximum atomic E-state index is 14.4. The average Bonchev–Trinajstić information content (AvgIpc) is 3.68. The van der Waals surface area contributed by atoms with Gasteiger partial charge in [0, 0.05) is 18.0 Å². The van der Waals surface area contributed by atoms with Crippen molar-refractivity contribution in [3.05, 3.63) is 233 Å². The molecule has 0 aromatic heterocycles. The second-order valence-corrected chi connectivity index (χ2v) is 16.4. The Morgan fingerprint density at radius 1 is 0.538 bits per heavy atom. The van der Waals surface area contributed by atoms with Crippen molar-refractivity contribution < 1.29 is 24.2 Å². The van der Waals surface area contributed by atoms with E-state index in [0.29, 0.717) is 37.1 Å². The van der Waals surface area contributed by atoms with Crippen LogP contribution in [0, 0.1) is 0 Å². The lowest BCUT2D eigenvalue weighted by atomic mass is 9.77. The predicted octanol–water partition coefficient (Wildman–Crippen LogP) is 9.50. The number of hydrogen-bond donors (Lipinski definition) is 5. The number of nitrogens with one attached hydrogen (secondary N) is 4. The van der Waals surface area contributed by atoms with Crippen LogP contribution in [0.5, 0.6) is 0 Å². The van der Waals surface area contributed by atoms with E-state index < -0.39 is 35.5 Å². The summed E-state index contributed by atoms with van der Waals surface area (Å²) >= 11 is 0. The molecule has 0 fully saturated rings. The summed E-state index contributed by atoms with van der Waals surface area (Å²) in [5, 5.41) is 22.3. The Hall–Kier alpha value is -7.33. The smallest absolute Gasteiger partial charge is 0.407 e. The van der Waals surface area contributed by atoms with Gasteiger partial charge < -0.3 is 25.8 Å². The normalized spacial score (nSPS) is 12.9. The quantitative estimate of drug-likeness (QED) is 0.0407. The van der Waals surface area contributed by atoms with Gasteiger partial charge in [0.1, 0.15) is 18.7 Å². The lowest BCUT2D eigenvalue weighted by molar-refractivity contribution is -0.128. The number of amides is 3. The van der Waals surface area contributed by atoms with Crippen LogP contribution in [0.25, 0.3) is 11.1 Å². The van der Waals surface area contributed by atoms with Gasteiger partial charge in [-0.25, -0.2) is 4.79 Å². The number of aliphatic hydroxyl groups is 1. The summed E-state index contributed by atoms with van der Waals surface area (Å²) in [4.78, 5) is 42.2. The van der Waals surface area contributed by atoms with E-state index in [1.807, 2.05) is 109 Å². The number of benzene rings is 7. The molecule has 0 spiro atoms. The fourth-order valence-electron chi connectivity index (χ4n) is 8.93. The summed E-state index contributed by atoms with van der Waals surface area (Å²) in [5.41, 5.74) is 9.13. The third-order valence-corrected chi connectivity index (χ3v) is 12.2. The number of anilines is 1. The highest BCUT2D eigenvalue weighted by Gasteiger charge is 2.36. The largest absolute Gasteiger partial charge is 0.449 e. The number of fused-ring (bicyclic) bond motifs is 3. The molecule has 65 heavy (non-hydrogen) atoms. The van der Waals surface area contributed by atoms with E-state index in [1.165, 1.54) is 0 Å². The molecule has 2 unspecified atom stereocenters. The van der Waals surface area contributed by atoms with E-state index in [2.05, 4.69) is 81.9 Å². The number of unbranched alkanes of at least 4 members (excludes halogenated alkanes) is 1. The molecule has 0 bridgehead atoms. The lowest BCUT2D eigenvalue weighted by Crippen LogP contribution is -2.53. The van der Waals surface area contributed by atoms with E-state index in [0.717, 1.165) is 44.5 Å². The van der Waals surface area contributed by atoms with Crippen molar-refractivity contribution in [1.82, 2.24) is 16.0 Å². The van der Waals surface area contributed by atoms with Crippen LogP contribution in [0.1, 0.15) is 64.1 Å². The number of hydrogen-bond acceptors (Lipinski definition) is 6. The molecule has 1 aliphatic rings. The highest BCUT2D eigenvalue weighted by atomic mass is 16.5. The van der Waals surface area contributed by atoms with Crippen LogP contribution in [-0.4, -0.2) is 48.2 Å². The van der Waals surface area contributed by atoms with Gasteiger partial charge in [-0.05, 0) is 88.0 Å². The van der Waals surface area contributed by atoms with Crippen molar-refractivity contribution in [2.24, 2.45) is 0 Å². The van der Waals surface area contributed by atoms with Crippen LogP contribution >= 0.6 is 0 Å². The van der Waals surface area contributed by atoms with Crippen molar-refractivity contribution >= 4 is 23.6 Å². The molecule has 9 nitrogen and oxygen atoms in total. The molecule has 2 atom stereocenters. The van der Waals surface area contributed by atoms with Gasteiger partial charge in [-0.3, -0.25) is 14.9 Å². The molecule has 8 rings (SSSR count). The lowest BCUT2D eigenvalue weighted by Gasteiger charge is -2.37. The van der Waals surface area contributed by atoms with Crippen LogP contribution in [0.3, 0.4) is 0 Å². The Labute approximate surface area is 380 Å². The molecular weight excluding hydrogens is 809 g/mol. The Kier molecular flexibility index (Phi) is 14.6. The first-order valence-electron chi connectivity index (χ1n) is 22.3. The first-order chi connectivity index (χ1) is 31.9. The third-order valence-electron chi connectivity index (χ3n) is 12.2. The SMILES string of the molecule is O=C(NC(Cc1ccccc1)C(=O)NC(CCCCNC(c1ccccc1)(c1ccccc1)c1ccccc1)C(=O)Nc1ccc(CO)cc1)OCC1c2ccccc2-c2ccccc21. The fraction of sp³-hybridized carbons (Fsp3) is 0.196. The third kappa shape index (κ3) is 10.6. The van der Waals surface area contributed by atoms with E-state index >= 15 is 0 Å². The van der Waals surface area contributed by atoms with Crippen LogP contribution in [-0.2, 0) is 32.9 Å². The zero-order valence-corrected chi connectivity index (χ0v) is 36.2. The number of carbonyl (C=O) groups is 3. The average molecular weight is 863 g/mol. The van der Waals surface area contributed by atoms with E-state index in [9.17, 15) is 19.5 Å². The summed E-state index contributed by atoms with van der Waals surface area (Å²) in [5.74, 6) is -1.05. The highest BCUT2D eigenvalue weighted by Crippen LogP contribution is 2.44. The number of carbonyl (C=O) groups excluding carboxylic acids is 3. The summed E-state index contributed by atoms with van der Waals surface area (Å²) in [6.45, 7) is 0.567. The van der Waals surface area contributed by atoms with Crippen LogP contribution in [0.4, 0.5) is 10.5 Å². The van der Waals surface area contributed by atoms with Crippen molar-refractivity contribution in [3.8, 4) is 11.1 Å². The van der Waals surface area contributed by atoms with Gasteiger partial charge in [-0.15, -0.1) is 0 Å². The van der Waals surface area contributed by atoms with Crippen molar-refractivity contribution in [3.63, 3.8) is 0 Å². The van der Waals surface area contributed by atoms with Crippen molar-refractivity contribution in [2.75, 3.05) is 18.5 Å². The Balaban J connectivity index is 0.987. The van der Waals surface area contributed by atoms with Crippen LogP contribution in [0.15, 0.2) is 194 Å². The van der Waals surface area contributed by atoms with Gasteiger partial charge in [0.15, 0.2) is 0 Å². The minimum Gasteiger partial charge on any atom is -0.449 e.